The third-order valence-corrected chi connectivity index (χ3v) is 5.93. The highest BCUT2D eigenvalue weighted by Gasteiger charge is 2.19. The molecule has 0 saturated heterocycles. The Morgan fingerprint density at radius 1 is 1.03 bits per heavy atom. The predicted molar refractivity (Wildman–Crippen MR) is 128 cm³/mol. The van der Waals surface area contributed by atoms with Crippen molar-refractivity contribution in [3.63, 3.8) is 0 Å². The Balaban J connectivity index is 1.93. The standard InChI is InChI=1S/C27H28N2O3/c1-5-6-11-24-28-25-17(2)12-15-23(32-4)26(25)29(24)19-13-14-20(18(3)16-19)21-9-7-8-10-22(21)27(30)31/h7-10,12-16H,5-6,11H2,1-4H3,(H,30,31). The fourth-order valence-electron chi connectivity index (χ4n) is 4.27. The summed E-state index contributed by atoms with van der Waals surface area (Å²) in [4.78, 5) is 16.7. The molecule has 1 heterocycles. The van der Waals surface area contributed by atoms with Gasteiger partial charge in [-0.05, 0) is 66.8 Å². The highest BCUT2D eigenvalue weighted by Crippen LogP contribution is 2.34. The number of fused-ring (bicyclic) bond motifs is 1. The maximum Gasteiger partial charge on any atom is 0.336 e. The van der Waals surface area contributed by atoms with E-state index < -0.39 is 5.97 Å². The average molecular weight is 429 g/mol. The SMILES string of the molecule is CCCCc1nc2c(C)ccc(OC)c2n1-c1ccc(-c2ccccc2C(=O)O)c(C)c1. The molecule has 0 radical (unpaired) electrons. The lowest BCUT2D eigenvalue weighted by Gasteiger charge is -2.15. The number of carboxylic acid groups (broad SMARTS) is 1. The van der Waals surface area contributed by atoms with E-state index in [1.807, 2.05) is 43.3 Å². The summed E-state index contributed by atoms with van der Waals surface area (Å²) in [6.45, 7) is 6.27. The minimum Gasteiger partial charge on any atom is -0.494 e. The largest absolute Gasteiger partial charge is 0.494 e. The van der Waals surface area contributed by atoms with E-state index in [-0.39, 0.29) is 0 Å². The van der Waals surface area contributed by atoms with Crippen LogP contribution >= 0.6 is 0 Å². The van der Waals surface area contributed by atoms with Crippen molar-refractivity contribution in [1.82, 2.24) is 9.55 Å². The van der Waals surface area contributed by atoms with Gasteiger partial charge >= 0.3 is 5.97 Å². The molecule has 164 valence electrons. The number of rotatable bonds is 7. The van der Waals surface area contributed by atoms with Crippen LogP contribution in [0.3, 0.4) is 0 Å². The number of unbranched alkanes of at least 4 members (excludes halogenated alkanes) is 1. The van der Waals surface area contributed by atoms with Crippen LogP contribution in [0.5, 0.6) is 5.75 Å². The first-order valence-corrected chi connectivity index (χ1v) is 10.9. The molecule has 3 aromatic carbocycles. The number of aromatic carboxylic acids is 1. The number of hydrogen-bond donors (Lipinski definition) is 1. The van der Waals surface area contributed by atoms with Crippen LogP contribution < -0.4 is 4.74 Å². The highest BCUT2D eigenvalue weighted by molar-refractivity contribution is 5.96. The van der Waals surface area contributed by atoms with E-state index in [0.717, 1.165) is 69.8 Å². The number of ether oxygens (including phenoxy) is 1. The van der Waals surface area contributed by atoms with Crippen LogP contribution in [-0.4, -0.2) is 27.7 Å². The predicted octanol–water partition coefficient (Wildman–Crippen LogP) is 6.36. The zero-order chi connectivity index (χ0) is 22.8. The Kier molecular flexibility index (Phi) is 5.99. The van der Waals surface area contributed by atoms with Crippen molar-refractivity contribution in [2.24, 2.45) is 0 Å². The fraction of sp³-hybridized carbons (Fsp3) is 0.259. The number of nitrogens with zero attached hydrogens (tertiary/aromatic N) is 2. The summed E-state index contributed by atoms with van der Waals surface area (Å²) in [6, 6.07) is 17.3. The van der Waals surface area contributed by atoms with Crippen molar-refractivity contribution in [3.8, 4) is 22.6 Å². The van der Waals surface area contributed by atoms with Crippen molar-refractivity contribution in [2.75, 3.05) is 7.11 Å². The third kappa shape index (κ3) is 3.75. The zero-order valence-corrected chi connectivity index (χ0v) is 19.0. The summed E-state index contributed by atoms with van der Waals surface area (Å²) in [6.07, 6.45) is 3.01. The molecule has 0 bridgehead atoms. The summed E-state index contributed by atoms with van der Waals surface area (Å²) >= 11 is 0. The fourth-order valence-corrected chi connectivity index (χ4v) is 4.27. The van der Waals surface area contributed by atoms with Gasteiger partial charge in [0.05, 0.1) is 18.2 Å². The second-order valence-electron chi connectivity index (χ2n) is 8.10. The van der Waals surface area contributed by atoms with Crippen LogP contribution in [0.15, 0.2) is 54.6 Å². The van der Waals surface area contributed by atoms with Gasteiger partial charge in [-0.25, -0.2) is 9.78 Å². The lowest BCUT2D eigenvalue weighted by Crippen LogP contribution is -2.04. The van der Waals surface area contributed by atoms with Crippen molar-refractivity contribution in [1.29, 1.82) is 0 Å². The molecule has 0 aliphatic carbocycles. The quantitative estimate of drug-likeness (QED) is 0.372. The van der Waals surface area contributed by atoms with E-state index in [2.05, 4.69) is 24.5 Å². The first kappa shape index (κ1) is 21.6. The van der Waals surface area contributed by atoms with Gasteiger partial charge in [0.25, 0.3) is 0 Å². The molecule has 5 nitrogen and oxygen atoms in total. The molecule has 0 aliphatic rings. The van der Waals surface area contributed by atoms with Gasteiger partial charge in [0.1, 0.15) is 17.1 Å². The number of carbonyl (C=O) groups is 1. The Labute approximate surface area is 188 Å². The van der Waals surface area contributed by atoms with Crippen LogP contribution in [0.1, 0.15) is 47.1 Å². The van der Waals surface area contributed by atoms with E-state index in [0.29, 0.717) is 5.56 Å². The van der Waals surface area contributed by atoms with Gasteiger partial charge in [0, 0.05) is 12.1 Å². The average Bonchev–Trinajstić information content (AvgIpc) is 3.18. The summed E-state index contributed by atoms with van der Waals surface area (Å²) in [5, 5.41) is 9.62. The van der Waals surface area contributed by atoms with Gasteiger partial charge in [0.2, 0.25) is 0 Å². The third-order valence-electron chi connectivity index (χ3n) is 5.93. The summed E-state index contributed by atoms with van der Waals surface area (Å²) in [5.74, 6) is 0.873. The van der Waals surface area contributed by atoms with E-state index in [4.69, 9.17) is 9.72 Å². The van der Waals surface area contributed by atoms with E-state index in [1.165, 1.54) is 0 Å². The van der Waals surface area contributed by atoms with E-state index >= 15 is 0 Å². The molecular weight excluding hydrogens is 400 g/mol. The molecule has 0 spiro atoms. The summed E-state index contributed by atoms with van der Waals surface area (Å²) < 4.78 is 7.89. The molecule has 0 fully saturated rings. The van der Waals surface area contributed by atoms with Gasteiger partial charge in [0.15, 0.2) is 0 Å². The Morgan fingerprint density at radius 3 is 2.50 bits per heavy atom. The molecule has 0 aliphatic heterocycles. The molecule has 4 rings (SSSR count). The van der Waals surface area contributed by atoms with Crippen LogP contribution in [0.4, 0.5) is 0 Å². The summed E-state index contributed by atoms with van der Waals surface area (Å²) in [7, 11) is 1.68. The van der Waals surface area contributed by atoms with E-state index in [1.54, 1.807) is 19.2 Å². The topological polar surface area (TPSA) is 64.4 Å². The van der Waals surface area contributed by atoms with Crippen LogP contribution in [-0.2, 0) is 6.42 Å². The molecule has 1 N–H and O–H groups in total. The molecule has 0 saturated carbocycles. The maximum atomic E-state index is 11.7. The molecule has 1 aromatic heterocycles. The van der Waals surface area contributed by atoms with Crippen LogP contribution in [0.25, 0.3) is 27.8 Å². The minimum absolute atomic E-state index is 0.303. The normalized spacial score (nSPS) is 11.1. The van der Waals surface area contributed by atoms with E-state index in [9.17, 15) is 9.90 Å². The Bertz CT molecular complexity index is 1300. The second kappa shape index (κ2) is 8.87. The highest BCUT2D eigenvalue weighted by atomic mass is 16.5. The number of hydrogen-bond acceptors (Lipinski definition) is 3. The van der Waals surface area contributed by atoms with Crippen LogP contribution in [0, 0.1) is 13.8 Å². The smallest absolute Gasteiger partial charge is 0.336 e. The number of benzene rings is 3. The van der Waals surface area contributed by atoms with Crippen molar-refractivity contribution < 1.29 is 14.6 Å². The van der Waals surface area contributed by atoms with Gasteiger partial charge in [-0.3, -0.25) is 4.57 Å². The van der Waals surface area contributed by atoms with Crippen molar-refractivity contribution in [2.45, 2.75) is 40.0 Å². The lowest BCUT2D eigenvalue weighted by atomic mass is 9.95. The Hall–Kier alpha value is -3.60. The molecular formula is C27H28N2O3. The number of imidazole rings is 1. The van der Waals surface area contributed by atoms with Gasteiger partial charge < -0.3 is 9.84 Å². The van der Waals surface area contributed by atoms with Crippen LogP contribution in [0.2, 0.25) is 0 Å². The van der Waals surface area contributed by atoms with Gasteiger partial charge in [-0.1, -0.05) is 43.7 Å². The zero-order valence-electron chi connectivity index (χ0n) is 19.0. The molecule has 0 atom stereocenters. The first-order valence-electron chi connectivity index (χ1n) is 10.9. The molecule has 0 amide bonds. The minimum atomic E-state index is -0.924. The molecule has 0 unspecified atom stereocenters. The Morgan fingerprint density at radius 2 is 1.81 bits per heavy atom. The van der Waals surface area contributed by atoms with Gasteiger partial charge in [-0.15, -0.1) is 0 Å². The van der Waals surface area contributed by atoms with Gasteiger partial charge in [-0.2, -0.15) is 0 Å². The molecule has 32 heavy (non-hydrogen) atoms. The second-order valence-corrected chi connectivity index (χ2v) is 8.10. The number of carboxylic acids is 1. The lowest BCUT2D eigenvalue weighted by molar-refractivity contribution is 0.0697. The van der Waals surface area contributed by atoms with Crippen molar-refractivity contribution in [3.05, 3.63) is 77.1 Å². The monoisotopic (exact) mass is 428 g/mol. The first-order chi connectivity index (χ1) is 15.5. The molecule has 5 heteroatoms. The number of aryl methyl sites for hydroxylation is 3. The number of methoxy groups -OCH3 is 1. The molecule has 4 aromatic rings. The van der Waals surface area contributed by atoms with Crippen molar-refractivity contribution >= 4 is 17.0 Å². The maximum absolute atomic E-state index is 11.7. The summed E-state index contributed by atoms with van der Waals surface area (Å²) in [5.41, 5.74) is 6.97. The number of aromatic nitrogens is 2.